The Hall–Kier alpha value is -1.45. The molecule has 0 radical (unpaired) electrons. The number of hydrogen-bond acceptors (Lipinski definition) is 0. The number of fused-ring (bicyclic) bond motifs is 1. The second kappa shape index (κ2) is 3.03. The van der Waals surface area contributed by atoms with Crippen LogP contribution in [0.5, 0.6) is 0 Å². The van der Waals surface area contributed by atoms with Crippen LogP contribution in [-0.2, 0) is 6.18 Å². The lowest BCUT2D eigenvalue weighted by Crippen LogP contribution is -2.05. The fourth-order valence-electron chi connectivity index (χ4n) is 2.11. The SMILES string of the molecule is FC(F)(F)c1cccc2c1ccn2C1CC1. The highest BCUT2D eigenvalue weighted by molar-refractivity contribution is 5.84. The predicted molar refractivity (Wildman–Crippen MR) is 55.2 cm³/mol. The van der Waals surface area contributed by atoms with Crippen molar-refractivity contribution in [2.45, 2.75) is 25.1 Å². The molecule has 1 nitrogen and oxygen atoms in total. The van der Waals surface area contributed by atoms with E-state index in [1.807, 2.05) is 4.57 Å². The number of alkyl halides is 3. The van der Waals surface area contributed by atoms with Crippen LogP contribution in [0.1, 0.15) is 24.4 Å². The molecule has 0 bridgehead atoms. The van der Waals surface area contributed by atoms with Crippen LogP contribution >= 0.6 is 0 Å². The number of halogens is 3. The van der Waals surface area contributed by atoms with E-state index in [1.54, 1.807) is 18.3 Å². The van der Waals surface area contributed by atoms with Crippen LogP contribution in [0.2, 0.25) is 0 Å². The molecular formula is C12H10F3N. The van der Waals surface area contributed by atoms with Gasteiger partial charge in [-0.3, -0.25) is 0 Å². The van der Waals surface area contributed by atoms with Gasteiger partial charge in [0, 0.05) is 23.1 Å². The molecule has 1 fully saturated rings. The number of benzene rings is 1. The van der Waals surface area contributed by atoms with E-state index in [1.165, 1.54) is 6.07 Å². The van der Waals surface area contributed by atoms with E-state index < -0.39 is 11.7 Å². The maximum Gasteiger partial charge on any atom is 0.417 e. The minimum atomic E-state index is -4.27. The third-order valence-corrected chi connectivity index (χ3v) is 3.01. The highest BCUT2D eigenvalue weighted by Crippen LogP contribution is 2.40. The summed E-state index contributed by atoms with van der Waals surface area (Å²) in [5.74, 6) is 0. The van der Waals surface area contributed by atoms with Crippen molar-refractivity contribution in [2.75, 3.05) is 0 Å². The third kappa shape index (κ3) is 1.40. The number of nitrogens with zero attached hydrogens (tertiary/aromatic N) is 1. The molecule has 4 heteroatoms. The average Bonchev–Trinajstić information content (AvgIpc) is 2.96. The van der Waals surface area contributed by atoms with Gasteiger partial charge in [-0.05, 0) is 31.0 Å². The fourth-order valence-corrected chi connectivity index (χ4v) is 2.11. The van der Waals surface area contributed by atoms with E-state index >= 15 is 0 Å². The van der Waals surface area contributed by atoms with Gasteiger partial charge in [0.05, 0.1) is 5.56 Å². The van der Waals surface area contributed by atoms with Crippen LogP contribution in [0.4, 0.5) is 13.2 Å². The minimum absolute atomic E-state index is 0.307. The molecule has 1 aromatic carbocycles. The van der Waals surface area contributed by atoms with Gasteiger partial charge in [0.15, 0.2) is 0 Å². The summed E-state index contributed by atoms with van der Waals surface area (Å²) in [4.78, 5) is 0. The summed E-state index contributed by atoms with van der Waals surface area (Å²) in [5.41, 5.74) is 0.154. The van der Waals surface area contributed by atoms with Crippen molar-refractivity contribution in [1.82, 2.24) is 4.57 Å². The van der Waals surface area contributed by atoms with Gasteiger partial charge in [0.25, 0.3) is 0 Å². The lowest BCUT2D eigenvalue weighted by atomic mass is 10.1. The van der Waals surface area contributed by atoms with Crippen LogP contribution in [0.3, 0.4) is 0 Å². The first kappa shape index (κ1) is 9.75. The Bertz CT molecular complexity index is 535. The Morgan fingerprint density at radius 2 is 1.88 bits per heavy atom. The molecule has 0 aliphatic heterocycles. The molecule has 1 aromatic heterocycles. The van der Waals surface area contributed by atoms with Crippen molar-refractivity contribution in [3.8, 4) is 0 Å². The highest BCUT2D eigenvalue weighted by atomic mass is 19.4. The molecule has 3 rings (SSSR count). The molecule has 16 heavy (non-hydrogen) atoms. The van der Waals surface area contributed by atoms with Gasteiger partial charge >= 0.3 is 6.18 Å². The Morgan fingerprint density at radius 3 is 2.50 bits per heavy atom. The molecule has 84 valence electrons. The van der Waals surface area contributed by atoms with E-state index in [-0.39, 0.29) is 0 Å². The van der Waals surface area contributed by atoms with E-state index in [2.05, 4.69) is 0 Å². The van der Waals surface area contributed by atoms with Crippen LogP contribution in [0.25, 0.3) is 10.9 Å². The van der Waals surface area contributed by atoms with E-state index in [4.69, 9.17) is 0 Å². The Labute approximate surface area is 90.5 Å². The van der Waals surface area contributed by atoms with Crippen molar-refractivity contribution in [3.63, 3.8) is 0 Å². The molecule has 1 aliphatic rings. The largest absolute Gasteiger partial charge is 0.417 e. The smallest absolute Gasteiger partial charge is 0.344 e. The molecule has 0 spiro atoms. The van der Waals surface area contributed by atoms with Gasteiger partial charge in [0.2, 0.25) is 0 Å². The minimum Gasteiger partial charge on any atom is -0.344 e. The Balaban J connectivity index is 2.24. The van der Waals surface area contributed by atoms with Crippen LogP contribution in [0, 0.1) is 0 Å². The maximum absolute atomic E-state index is 12.7. The topological polar surface area (TPSA) is 4.93 Å². The molecular weight excluding hydrogens is 215 g/mol. The zero-order valence-electron chi connectivity index (χ0n) is 8.46. The monoisotopic (exact) mass is 225 g/mol. The van der Waals surface area contributed by atoms with Gasteiger partial charge in [-0.15, -0.1) is 0 Å². The second-order valence-corrected chi connectivity index (χ2v) is 4.19. The normalized spacial score (nSPS) is 16.9. The van der Waals surface area contributed by atoms with Crippen LogP contribution in [-0.4, -0.2) is 4.57 Å². The molecule has 1 saturated carbocycles. The number of hydrogen-bond donors (Lipinski definition) is 0. The molecule has 2 aromatic rings. The zero-order valence-corrected chi connectivity index (χ0v) is 8.46. The van der Waals surface area contributed by atoms with Crippen molar-refractivity contribution in [1.29, 1.82) is 0 Å². The Morgan fingerprint density at radius 1 is 1.12 bits per heavy atom. The van der Waals surface area contributed by atoms with E-state index in [9.17, 15) is 13.2 Å². The lowest BCUT2D eigenvalue weighted by molar-refractivity contribution is -0.136. The summed E-state index contributed by atoms with van der Waals surface area (Å²) in [6.45, 7) is 0. The summed E-state index contributed by atoms with van der Waals surface area (Å²) >= 11 is 0. The van der Waals surface area contributed by atoms with Crippen molar-refractivity contribution in [2.24, 2.45) is 0 Å². The quantitative estimate of drug-likeness (QED) is 0.691. The summed E-state index contributed by atoms with van der Waals surface area (Å²) in [6.07, 6.45) is -0.368. The molecule has 0 unspecified atom stereocenters. The fraction of sp³-hybridized carbons (Fsp3) is 0.333. The molecule has 0 N–H and O–H groups in total. The molecule has 1 aliphatic carbocycles. The van der Waals surface area contributed by atoms with Crippen molar-refractivity contribution >= 4 is 10.9 Å². The maximum atomic E-state index is 12.7. The number of aromatic nitrogens is 1. The molecule has 0 saturated heterocycles. The van der Waals surface area contributed by atoms with Crippen molar-refractivity contribution in [3.05, 3.63) is 36.0 Å². The third-order valence-electron chi connectivity index (χ3n) is 3.01. The van der Waals surface area contributed by atoms with Gasteiger partial charge < -0.3 is 4.57 Å². The predicted octanol–water partition coefficient (Wildman–Crippen LogP) is 4.00. The van der Waals surface area contributed by atoms with Crippen LogP contribution in [0.15, 0.2) is 30.5 Å². The van der Waals surface area contributed by atoms with Gasteiger partial charge in [-0.25, -0.2) is 0 Å². The summed E-state index contributed by atoms with van der Waals surface area (Å²) in [6, 6.07) is 6.34. The lowest BCUT2D eigenvalue weighted by Gasteiger charge is -2.09. The number of rotatable bonds is 1. The summed E-state index contributed by atoms with van der Waals surface area (Å²) < 4.78 is 40.2. The van der Waals surface area contributed by atoms with Gasteiger partial charge in [-0.2, -0.15) is 13.2 Å². The first-order chi connectivity index (χ1) is 7.57. The van der Waals surface area contributed by atoms with Crippen molar-refractivity contribution < 1.29 is 13.2 Å². The zero-order chi connectivity index (χ0) is 11.3. The van der Waals surface area contributed by atoms with Crippen LogP contribution < -0.4 is 0 Å². The molecule has 0 amide bonds. The van der Waals surface area contributed by atoms with Gasteiger partial charge in [0.1, 0.15) is 0 Å². The van der Waals surface area contributed by atoms with Gasteiger partial charge in [-0.1, -0.05) is 6.07 Å². The average molecular weight is 225 g/mol. The highest BCUT2D eigenvalue weighted by Gasteiger charge is 2.33. The van der Waals surface area contributed by atoms with E-state index in [0.717, 1.165) is 18.9 Å². The van der Waals surface area contributed by atoms with E-state index in [0.29, 0.717) is 16.9 Å². The molecule has 0 atom stereocenters. The first-order valence-electron chi connectivity index (χ1n) is 5.24. The second-order valence-electron chi connectivity index (χ2n) is 4.19. The summed E-state index contributed by atoms with van der Waals surface area (Å²) in [7, 11) is 0. The first-order valence-corrected chi connectivity index (χ1v) is 5.24. The Kier molecular flexibility index (Phi) is 1.85. The summed E-state index contributed by atoms with van der Waals surface area (Å²) in [5, 5.41) is 0.307. The standard InChI is InChI=1S/C12H10F3N/c13-12(14,15)10-2-1-3-11-9(10)6-7-16(11)8-4-5-8/h1-3,6-8H,4-5H2. The molecule has 1 heterocycles.